The summed E-state index contributed by atoms with van der Waals surface area (Å²) in [6.45, 7) is 7.41. The number of hydrazone groups is 1. The predicted molar refractivity (Wildman–Crippen MR) is 105 cm³/mol. The quantitative estimate of drug-likeness (QED) is 0.778. The molecule has 132 valence electrons. The number of benzene rings is 2. The van der Waals surface area contributed by atoms with Gasteiger partial charge in [-0.15, -0.1) is 0 Å². The predicted octanol–water partition coefficient (Wildman–Crippen LogP) is 2.50. The number of hydrogen-bond acceptors (Lipinski definition) is 3. The Morgan fingerprint density at radius 3 is 2.56 bits per heavy atom. The molecule has 1 heterocycles. The molecule has 0 amide bonds. The van der Waals surface area contributed by atoms with Crippen LogP contribution < -0.4 is 9.64 Å². The van der Waals surface area contributed by atoms with Crippen LogP contribution in [0.1, 0.15) is 16.7 Å². The summed E-state index contributed by atoms with van der Waals surface area (Å²) in [7, 11) is 1.69. The van der Waals surface area contributed by atoms with Crippen molar-refractivity contribution in [2.45, 2.75) is 13.5 Å². The van der Waals surface area contributed by atoms with Gasteiger partial charge in [0.15, 0.2) is 0 Å². The maximum absolute atomic E-state index is 5.40. The van der Waals surface area contributed by atoms with Crippen LogP contribution >= 0.6 is 15.9 Å². The third kappa shape index (κ3) is 5.06. The van der Waals surface area contributed by atoms with E-state index in [0.717, 1.165) is 48.5 Å². The molecule has 3 rings (SSSR count). The maximum atomic E-state index is 5.40. The molecule has 0 unspecified atom stereocenters. The van der Waals surface area contributed by atoms with Crippen LogP contribution in [0.15, 0.2) is 52.0 Å². The van der Waals surface area contributed by atoms with Crippen LogP contribution in [-0.2, 0) is 6.54 Å². The van der Waals surface area contributed by atoms with Gasteiger partial charge in [-0.05, 0) is 25.1 Å². The fourth-order valence-corrected chi connectivity index (χ4v) is 3.43. The van der Waals surface area contributed by atoms with Crippen molar-refractivity contribution < 1.29 is 9.64 Å². The second-order valence-corrected chi connectivity index (χ2v) is 7.41. The molecule has 0 saturated carbocycles. The summed E-state index contributed by atoms with van der Waals surface area (Å²) in [5, 5.41) is 6.80. The number of aryl methyl sites for hydroxylation is 1. The summed E-state index contributed by atoms with van der Waals surface area (Å²) in [5.74, 6) is 0.843. The highest BCUT2D eigenvalue weighted by Gasteiger charge is 2.18. The zero-order chi connectivity index (χ0) is 17.6. The van der Waals surface area contributed by atoms with E-state index in [2.05, 4.69) is 57.2 Å². The number of rotatable bonds is 5. The van der Waals surface area contributed by atoms with Gasteiger partial charge in [-0.25, -0.2) is 0 Å². The molecule has 4 nitrogen and oxygen atoms in total. The molecule has 1 fully saturated rings. The Kier molecular flexibility index (Phi) is 6.10. The molecular weight excluding hydrogens is 378 g/mol. The van der Waals surface area contributed by atoms with E-state index < -0.39 is 0 Å². The molecule has 25 heavy (non-hydrogen) atoms. The van der Waals surface area contributed by atoms with Crippen LogP contribution in [0.25, 0.3) is 0 Å². The second kappa shape index (κ2) is 8.50. The average Bonchev–Trinajstić information content (AvgIpc) is 2.63. The Balaban J connectivity index is 1.54. The van der Waals surface area contributed by atoms with E-state index in [-0.39, 0.29) is 0 Å². The summed E-state index contributed by atoms with van der Waals surface area (Å²) >= 11 is 3.50. The molecule has 5 heteroatoms. The topological polar surface area (TPSA) is 29.3 Å². The monoisotopic (exact) mass is 402 g/mol. The van der Waals surface area contributed by atoms with E-state index in [1.165, 1.54) is 11.1 Å². The minimum Gasteiger partial charge on any atom is -0.496 e. The van der Waals surface area contributed by atoms with E-state index >= 15 is 0 Å². The SMILES string of the molecule is COc1ccc(Br)cc1/C=N\N1CC[NH+](Cc2ccc(C)cc2)CC1. The zero-order valence-electron chi connectivity index (χ0n) is 14.8. The molecule has 2 aromatic carbocycles. The number of hydrogen-bond donors (Lipinski definition) is 1. The van der Waals surface area contributed by atoms with Crippen LogP contribution in [0.2, 0.25) is 0 Å². The van der Waals surface area contributed by atoms with Gasteiger partial charge in [-0.2, -0.15) is 5.10 Å². The highest BCUT2D eigenvalue weighted by molar-refractivity contribution is 9.10. The van der Waals surface area contributed by atoms with Crippen LogP contribution in [0.5, 0.6) is 5.75 Å². The van der Waals surface area contributed by atoms with Gasteiger partial charge in [0, 0.05) is 15.6 Å². The molecule has 2 aromatic rings. The first-order valence-electron chi connectivity index (χ1n) is 8.65. The molecule has 0 bridgehead atoms. The fourth-order valence-electron chi connectivity index (χ4n) is 3.05. The van der Waals surface area contributed by atoms with E-state index in [9.17, 15) is 0 Å². The molecule has 0 aliphatic carbocycles. The van der Waals surface area contributed by atoms with Gasteiger partial charge in [-0.3, -0.25) is 5.01 Å². The van der Waals surface area contributed by atoms with Gasteiger partial charge in [0.05, 0.1) is 39.5 Å². The number of piperazine rings is 1. The molecule has 0 aromatic heterocycles. The van der Waals surface area contributed by atoms with E-state index in [0.29, 0.717) is 0 Å². The molecule has 0 spiro atoms. The summed E-state index contributed by atoms with van der Waals surface area (Å²) in [4.78, 5) is 1.62. The largest absolute Gasteiger partial charge is 0.496 e. The number of nitrogens with one attached hydrogen (secondary N) is 1. The highest BCUT2D eigenvalue weighted by Crippen LogP contribution is 2.21. The van der Waals surface area contributed by atoms with Crippen molar-refractivity contribution >= 4 is 22.1 Å². The first-order chi connectivity index (χ1) is 12.1. The standard InChI is InChI=1S/C20H24BrN3O/c1-16-3-5-17(6-4-16)15-23-9-11-24(12-10-23)22-14-18-13-19(21)7-8-20(18)25-2/h3-8,13-14H,9-12,15H2,1-2H3/p+1/b22-14-. The van der Waals surface area contributed by atoms with Gasteiger partial charge in [0.1, 0.15) is 12.3 Å². The third-order valence-electron chi connectivity index (χ3n) is 4.57. The molecule has 1 aliphatic heterocycles. The lowest BCUT2D eigenvalue weighted by molar-refractivity contribution is -0.918. The number of halogens is 1. The van der Waals surface area contributed by atoms with Crippen molar-refractivity contribution in [2.75, 3.05) is 33.3 Å². The van der Waals surface area contributed by atoms with Crippen molar-refractivity contribution in [3.05, 3.63) is 63.6 Å². The highest BCUT2D eigenvalue weighted by atomic mass is 79.9. The molecule has 0 atom stereocenters. The summed E-state index contributed by atoms with van der Waals surface area (Å²) in [6, 6.07) is 14.8. The lowest BCUT2D eigenvalue weighted by atomic mass is 10.1. The number of nitrogens with zero attached hydrogens (tertiary/aromatic N) is 2. The van der Waals surface area contributed by atoms with E-state index in [1.807, 2.05) is 24.4 Å². The van der Waals surface area contributed by atoms with Crippen LogP contribution in [-0.4, -0.2) is 44.5 Å². The third-order valence-corrected chi connectivity index (χ3v) is 5.07. The Labute approximate surface area is 158 Å². The van der Waals surface area contributed by atoms with Crippen molar-refractivity contribution in [1.29, 1.82) is 0 Å². The normalized spacial score (nSPS) is 15.7. The second-order valence-electron chi connectivity index (χ2n) is 6.50. The zero-order valence-corrected chi connectivity index (χ0v) is 16.4. The molecule has 1 aliphatic rings. The van der Waals surface area contributed by atoms with Crippen LogP contribution in [0.3, 0.4) is 0 Å². The number of methoxy groups -OCH3 is 1. The fraction of sp³-hybridized carbons (Fsp3) is 0.350. The molecular formula is C20H25BrN3O+. The van der Waals surface area contributed by atoms with Gasteiger partial charge in [0.25, 0.3) is 0 Å². The average molecular weight is 403 g/mol. The Morgan fingerprint density at radius 2 is 1.88 bits per heavy atom. The molecule has 0 radical (unpaired) electrons. The van der Waals surface area contributed by atoms with E-state index in [4.69, 9.17) is 4.74 Å². The van der Waals surface area contributed by atoms with Crippen molar-refractivity contribution in [3.63, 3.8) is 0 Å². The van der Waals surface area contributed by atoms with Gasteiger partial charge in [0.2, 0.25) is 0 Å². The number of quaternary nitrogens is 1. The van der Waals surface area contributed by atoms with Crippen LogP contribution in [0.4, 0.5) is 0 Å². The van der Waals surface area contributed by atoms with Gasteiger partial charge >= 0.3 is 0 Å². The Morgan fingerprint density at radius 1 is 1.16 bits per heavy atom. The maximum Gasteiger partial charge on any atom is 0.127 e. The summed E-state index contributed by atoms with van der Waals surface area (Å²) in [5.41, 5.74) is 3.73. The van der Waals surface area contributed by atoms with Crippen LogP contribution in [0, 0.1) is 6.92 Å². The van der Waals surface area contributed by atoms with E-state index in [1.54, 1.807) is 12.0 Å². The van der Waals surface area contributed by atoms with Crippen molar-refractivity contribution in [2.24, 2.45) is 5.10 Å². The number of ether oxygens (including phenoxy) is 1. The smallest absolute Gasteiger partial charge is 0.127 e. The van der Waals surface area contributed by atoms with Gasteiger partial charge < -0.3 is 9.64 Å². The summed E-state index contributed by atoms with van der Waals surface area (Å²) in [6.07, 6.45) is 1.90. The van der Waals surface area contributed by atoms with Gasteiger partial charge in [-0.1, -0.05) is 45.8 Å². The minimum absolute atomic E-state index is 0.843. The lowest BCUT2D eigenvalue weighted by Gasteiger charge is -2.30. The summed E-state index contributed by atoms with van der Waals surface area (Å²) < 4.78 is 6.43. The molecule has 1 saturated heterocycles. The Hall–Kier alpha value is -1.85. The Bertz CT molecular complexity index is 722. The minimum atomic E-state index is 0.843. The first kappa shape index (κ1) is 18.0. The van der Waals surface area contributed by atoms with Crippen molar-refractivity contribution in [1.82, 2.24) is 5.01 Å². The lowest BCUT2D eigenvalue weighted by Crippen LogP contribution is -3.13. The molecule has 1 N–H and O–H groups in total. The van der Waals surface area contributed by atoms with Crippen molar-refractivity contribution in [3.8, 4) is 5.75 Å². The first-order valence-corrected chi connectivity index (χ1v) is 9.45.